The van der Waals surface area contributed by atoms with Gasteiger partial charge in [-0.05, 0) is 79.1 Å². The Bertz CT molecular complexity index is 1630. The molecular weight excluding hydrogens is 580 g/mol. The molecule has 7 nitrogen and oxygen atoms in total. The number of aromatic nitrogens is 1. The Morgan fingerprint density at radius 3 is 2.35 bits per heavy atom. The second kappa shape index (κ2) is 14.7. The molecule has 1 aromatic heterocycles. The zero-order valence-corrected chi connectivity index (χ0v) is 24.4. The first kappa shape index (κ1) is 31.6. The summed E-state index contributed by atoms with van der Waals surface area (Å²) in [5, 5.41) is 19.2. The summed E-state index contributed by atoms with van der Waals surface area (Å²) >= 11 is 5.80. The lowest BCUT2D eigenvalue weighted by Crippen LogP contribution is -2.08. The number of rotatable bonds is 15. The summed E-state index contributed by atoms with van der Waals surface area (Å²) in [4.78, 5) is 22.6. The average Bonchev–Trinajstić information content (AvgIpc) is 3.28. The Balaban J connectivity index is 1.37. The van der Waals surface area contributed by atoms with Crippen LogP contribution < -0.4 is 9.47 Å². The number of carboxylic acids is 2. The topological polar surface area (TPSA) is 98.0 Å². The number of unbranched alkanes of at least 4 members (excludes halogenated alkanes) is 1. The van der Waals surface area contributed by atoms with E-state index in [2.05, 4.69) is 0 Å². The molecule has 4 rings (SSSR count). The van der Waals surface area contributed by atoms with Crippen LogP contribution in [0, 0.1) is 18.6 Å². The molecule has 0 aliphatic carbocycles. The van der Waals surface area contributed by atoms with E-state index in [9.17, 15) is 23.5 Å². The second-order valence-electron chi connectivity index (χ2n) is 10.2. The highest BCUT2D eigenvalue weighted by molar-refractivity contribution is 6.32. The third-order valence-electron chi connectivity index (χ3n) is 6.73. The maximum absolute atomic E-state index is 13.5. The van der Waals surface area contributed by atoms with Crippen molar-refractivity contribution in [2.45, 2.75) is 45.6 Å². The van der Waals surface area contributed by atoms with E-state index in [0.29, 0.717) is 44.1 Å². The number of carbonyl (C=O) groups is 2. The fraction of sp³-hybridized carbons (Fsp3) is 0.273. The van der Waals surface area contributed by atoms with E-state index >= 15 is 0 Å². The van der Waals surface area contributed by atoms with Gasteiger partial charge in [0.1, 0.15) is 34.7 Å². The summed E-state index contributed by atoms with van der Waals surface area (Å²) in [6, 6.07) is 13.3. The van der Waals surface area contributed by atoms with Crippen molar-refractivity contribution in [3.63, 3.8) is 0 Å². The first-order chi connectivity index (χ1) is 20.6. The Hall–Kier alpha value is -4.37. The first-order valence-electron chi connectivity index (χ1n) is 13.8. The van der Waals surface area contributed by atoms with E-state index in [4.69, 9.17) is 26.2 Å². The second-order valence-corrected chi connectivity index (χ2v) is 10.6. The molecule has 0 unspecified atom stereocenters. The van der Waals surface area contributed by atoms with Crippen molar-refractivity contribution < 1.29 is 38.1 Å². The van der Waals surface area contributed by atoms with Crippen LogP contribution in [0.25, 0.3) is 23.1 Å². The van der Waals surface area contributed by atoms with Gasteiger partial charge in [0, 0.05) is 30.1 Å². The van der Waals surface area contributed by atoms with Crippen LogP contribution in [-0.4, -0.2) is 39.9 Å². The van der Waals surface area contributed by atoms with Crippen molar-refractivity contribution in [3.8, 4) is 11.5 Å². The minimum atomic E-state index is -0.959. The molecule has 0 atom stereocenters. The van der Waals surface area contributed by atoms with E-state index in [1.54, 1.807) is 4.57 Å². The monoisotopic (exact) mass is 611 g/mol. The van der Waals surface area contributed by atoms with Crippen LogP contribution in [0.3, 0.4) is 0 Å². The molecule has 226 valence electrons. The van der Waals surface area contributed by atoms with Crippen LogP contribution >= 0.6 is 11.6 Å². The van der Waals surface area contributed by atoms with Gasteiger partial charge >= 0.3 is 11.9 Å². The normalized spacial score (nSPS) is 11.3. The Labute approximate surface area is 252 Å². The largest absolute Gasteiger partial charge is 0.494 e. The summed E-state index contributed by atoms with van der Waals surface area (Å²) < 4.78 is 39.7. The van der Waals surface area contributed by atoms with Crippen molar-refractivity contribution in [1.82, 2.24) is 4.57 Å². The number of hydrogen-bond donors (Lipinski definition) is 2. The van der Waals surface area contributed by atoms with Crippen LogP contribution in [0.15, 0.2) is 54.7 Å². The standard InChI is InChI=1S/C33H32ClF2NO6/c1-21-15-23(33-27(16-21)24(5-4-6-30(38)39)19-37(33)20-31(40)41)10-7-22-8-11-26(12-9-22)42-13-2-3-14-43-29-18-25(35)17-28(36)32(29)34/h7-12,15-19H,2-6,13-14,20H2,1H3,(H,38,39)(H,40,41). The summed E-state index contributed by atoms with van der Waals surface area (Å²) in [6.07, 6.45) is 8.02. The lowest BCUT2D eigenvalue weighted by Gasteiger charge is -2.10. The minimum absolute atomic E-state index is 0.0265. The van der Waals surface area contributed by atoms with Gasteiger partial charge < -0.3 is 24.3 Å². The van der Waals surface area contributed by atoms with Crippen LogP contribution in [0.2, 0.25) is 5.02 Å². The van der Waals surface area contributed by atoms with Gasteiger partial charge in [0.25, 0.3) is 0 Å². The molecule has 4 aromatic rings. The number of benzene rings is 3. The quantitative estimate of drug-likeness (QED) is 0.0809. The molecule has 0 bridgehead atoms. The number of hydrogen-bond acceptors (Lipinski definition) is 4. The van der Waals surface area contributed by atoms with Gasteiger partial charge in [-0.3, -0.25) is 9.59 Å². The SMILES string of the molecule is Cc1cc(C=Cc2ccc(OCCCCOc3cc(F)cc(F)c3Cl)cc2)c2c(c1)c(CCCC(=O)O)cn2CC(=O)O. The van der Waals surface area contributed by atoms with Gasteiger partial charge in [-0.15, -0.1) is 0 Å². The Kier molecular flexibility index (Phi) is 10.8. The number of nitrogens with zero attached hydrogens (tertiary/aromatic N) is 1. The van der Waals surface area contributed by atoms with Gasteiger partial charge in [-0.2, -0.15) is 0 Å². The summed E-state index contributed by atoms with van der Waals surface area (Å²) in [5.74, 6) is -2.77. The molecule has 3 aromatic carbocycles. The summed E-state index contributed by atoms with van der Waals surface area (Å²) in [7, 11) is 0. The molecule has 0 fully saturated rings. The molecule has 0 saturated carbocycles. The summed E-state index contributed by atoms with van der Waals surface area (Å²) in [6.45, 7) is 2.44. The van der Waals surface area contributed by atoms with Gasteiger partial charge in [-0.25, -0.2) is 8.78 Å². The van der Waals surface area contributed by atoms with Crippen LogP contribution in [0.5, 0.6) is 11.5 Å². The van der Waals surface area contributed by atoms with Crippen LogP contribution in [-0.2, 0) is 22.6 Å². The molecule has 0 aliphatic rings. The molecule has 2 N–H and O–H groups in total. The number of aliphatic carboxylic acids is 2. The Morgan fingerprint density at radius 1 is 0.930 bits per heavy atom. The van der Waals surface area contributed by atoms with Crippen molar-refractivity contribution in [2.24, 2.45) is 0 Å². The molecule has 0 amide bonds. The molecule has 0 spiro atoms. The van der Waals surface area contributed by atoms with E-state index in [0.717, 1.165) is 39.2 Å². The van der Waals surface area contributed by atoms with Gasteiger partial charge in [0.05, 0.1) is 18.7 Å². The lowest BCUT2D eigenvalue weighted by atomic mass is 10.0. The lowest BCUT2D eigenvalue weighted by molar-refractivity contribution is -0.138. The van der Waals surface area contributed by atoms with E-state index < -0.39 is 23.6 Å². The third-order valence-corrected chi connectivity index (χ3v) is 7.10. The maximum Gasteiger partial charge on any atom is 0.323 e. The number of aryl methyl sites for hydroxylation is 2. The molecule has 0 radical (unpaired) electrons. The zero-order valence-electron chi connectivity index (χ0n) is 23.6. The average molecular weight is 612 g/mol. The van der Waals surface area contributed by atoms with Crippen LogP contribution in [0.1, 0.15) is 47.9 Å². The summed E-state index contributed by atoms with van der Waals surface area (Å²) in [5.41, 5.74) is 4.53. The number of fused-ring (bicyclic) bond motifs is 1. The molecule has 1 heterocycles. The smallest absolute Gasteiger partial charge is 0.323 e. The number of ether oxygens (including phenoxy) is 2. The highest BCUT2D eigenvalue weighted by Gasteiger charge is 2.15. The molecule has 43 heavy (non-hydrogen) atoms. The predicted octanol–water partition coefficient (Wildman–Crippen LogP) is 7.78. The number of carboxylic acid groups (broad SMARTS) is 2. The molecule has 0 aliphatic heterocycles. The molecule has 0 saturated heterocycles. The highest BCUT2D eigenvalue weighted by Crippen LogP contribution is 2.30. The highest BCUT2D eigenvalue weighted by atomic mass is 35.5. The first-order valence-corrected chi connectivity index (χ1v) is 14.2. The third kappa shape index (κ3) is 8.81. The zero-order chi connectivity index (χ0) is 30.9. The fourth-order valence-corrected chi connectivity index (χ4v) is 4.96. The van der Waals surface area contributed by atoms with Gasteiger partial charge in [0.15, 0.2) is 0 Å². The van der Waals surface area contributed by atoms with E-state index in [-0.39, 0.29) is 30.3 Å². The molecular formula is C33H32ClF2NO6. The maximum atomic E-state index is 13.5. The van der Waals surface area contributed by atoms with E-state index in [1.807, 2.05) is 61.7 Å². The van der Waals surface area contributed by atoms with Gasteiger partial charge in [-0.1, -0.05) is 35.9 Å². The predicted molar refractivity (Wildman–Crippen MR) is 162 cm³/mol. The van der Waals surface area contributed by atoms with Crippen molar-refractivity contribution >= 4 is 46.6 Å². The fourth-order valence-electron chi connectivity index (χ4n) is 4.80. The minimum Gasteiger partial charge on any atom is -0.494 e. The Morgan fingerprint density at radius 2 is 1.65 bits per heavy atom. The van der Waals surface area contributed by atoms with Crippen molar-refractivity contribution in [1.29, 1.82) is 0 Å². The van der Waals surface area contributed by atoms with Gasteiger partial charge in [0.2, 0.25) is 0 Å². The van der Waals surface area contributed by atoms with Crippen molar-refractivity contribution in [2.75, 3.05) is 13.2 Å². The van der Waals surface area contributed by atoms with E-state index in [1.165, 1.54) is 0 Å². The molecule has 10 heteroatoms. The van der Waals surface area contributed by atoms with Crippen LogP contribution in [0.4, 0.5) is 8.78 Å². The van der Waals surface area contributed by atoms with Crippen molar-refractivity contribution in [3.05, 3.63) is 93.6 Å². The number of halogens is 3.